The summed E-state index contributed by atoms with van der Waals surface area (Å²) in [7, 11) is 1.54. The molecule has 1 aromatic carbocycles. The number of nitrogens with two attached hydrogens (primary N) is 1. The Balaban J connectivity index is 2.17. The first-order valence-electron chi connectivity index (χ1n) is 5.96. The second-order valence-corrected chi connectivity index (χ2v) is 4.39. The monoisotopic (exact) mass is 250 g/mol. The van der Waals surface area contributed by atoms with Crippen molar-refractivity contribution in [2.45, 2.75) is 13.0 Å². The normalized spacial score (nSPS) is 19.7. The summed E-state index contributed by atoms with van der Waals surface area (Å²) in [5, 5.41) is 0. The van der Waals surface area contributed by atoms with Crippen molar-refractivity contribution < 1.29 is 14.3 Å². The zero-order valence-corrected chi connectivity index (χ0v) is 10.7. The van der Waals surface area contributed by atoms with Gasteiger partial charge < -0.3 is 20.1 Å². The molecule has 0 aliphatic carbocycles. The summed E-state index contributed by atoms with van der Waals surface area (Å²) in [6.45, 7) is 3.78. The van der Waals surface area contributed by atoms with E-state index in [1.54, 1.807) is 23.1 Å². The molecule has 5 heteroatoms. The largest absolute Gasteiger partial charge is 0.495 e. The summed E-state index contributed by atoms with van der Waals surface area (Å²) in [6.07, 6.45) is 0.0818. The average Bonchev–Trinajstić information content (AvgIpc) is 2.38. The molecule has 1 atom stereocenters. The maximum atomic E-state index is 12.3. The van der Waals surface area contributed by atoms with Crippen molar-refractivity contribution >= 4 is 11.6 Å². The maximum absolute atomic E-state index is 12.3. The van der Waals surface area contributed by atoms with Crippen LogP contribution in [0.4, 0.5) is 5.69 Å². The van der Waals surface area contributed by atoms with E-state index in [2.05, 4.69) is 0 Å². The molecule has 98 valence electrons. The highest BCUT2D eigenvalue weighted by Crippen LogP contribution is 2.23. The number of hydrogen-bond donors (Lipinski definition) is 1. The second-order valence-electron chi connectivity index (χ2n) is 4.39. The van der Waals surface area contributed by atoms with Crippen molar-refractivity contribution in [2.75, 3.05) is 32.5 Å². The van der Waals surface area contributed by atoms with E-state index in [4.69, 9.17) is 15.2 Å². The van der Waals surface area contributed by atoms with Crippen LogP contribution in [0.25, 0.3) is 0 Å². The molecule has 0 aromatic heterocycles. The number of hydrogen-bond acceptors (Lipinski definition) is 4. The molecular formula is C13H18N2O3. The highest BCUT2D eigenvalue weighted by molar-refractivity contribution is 5.95. The van der Waals surface area contributed by atoms with Gasteiger partial charge >= 0.3 is 0 Å². The molecule has 1 unspecified atom stereocenters. The Hall–Kier alpha value is -1.75. The maximum Gasteiger partial charge on any atom is 0.254 e. The number of methoxy groups -OCH3 is 1. The van der Waals surface area contributed by atoms with E-state index < -0.39 is 0 Å². The Morgan fingerprint density at radius 2 is 2.33 bits per heavy atom. The Labute approximate surface area is 106 Å². The molecule has 2 N–H and O–H groups in total. The van der Waals surface area contributed by atoms with Crippen LogP contribution >= 0.6 is 0 Å². The van der Waals surface area contributed by atoms with Gasteiger partial charge in [0.15, 0.2) is 0 Å². The predicted molar refractivity (Wildman–Crippen MR) is 68.7 cm³/mol. The first kappa shape index (κ1) is 12.7. The van der Waals surface area contributed by atoms with E-state index in [-0.39, 0.29) is 12.0 Å². The van der Waals surface area contributed by atoms with Gasteiger partial charge in [-0.15, -0.1) is 0 Å². The van der Waals surface area contributed by atoms with E-state index in [1.165, 1.54) is 7.11 Å². The third kappa shape index (κ3) is 2.56. The number of ether oxygens (including phenoxy) is 2. The Bertz CT molecular complexity index is 448. The molecule has 1 amide bonds. The molecule has 1 aromatic rings. The number of morpholine rings is 1. The van der Waals surface area contributed by atoms with Crippen LogP contribution in [-0.4, -0.2) is 43.7 Å². The second kappa shape index (κ2) is 5.27. The lowest BCUT2D eigenvalue weighted by atomic mass is 10.1. The van der Waals surface area contributed by atoms with E-state index in [1.807, 2.05) is 6.92 Å². The Kier molecular flexibility index (Phi) is 3.72. The number of anilines is 1. The molecule has 1 heterocycles. The zero-order chi connectivity index (χ0) is 13.1. The van der Waals surface area contributed by atoms with Crippen LogP contribution in [0.2, 0.25) is 0 Å². The fourth-order valence-corrected chi connectivity index (χ4v) is 2.03. The highest BCUT2D eigenvalue weighted by atomic mass is 16.5. The van der Waals surface area contributed by atoms with Crippen LogP contribution in [0.1, 0.15) is 17.3 Å². The standard InChI is InChI=1S/C13H18N2O3/c1-9-8-15(5-6-18-9)13(16)10-3-4-11(14)12(7-10)17-2/h3-4,7,9H,5-6,8,14H2,1-2H3. The predicted octanol–water partition coefficient (Wildman–Crippen LogP) is 1.14. The summed E-state index contributed by atoms with van der Waals surface area (Å²) in [5.41, 5.74) is 6.86. The topological polar surface area (TPSA) is 64.8 Å². The minimum atomic E-state index is -0.0107. The van der Waals surface area contributed by atoms with E-state index in [0.29, 0.717) is 36.7 Å². The molecule has 5 nitrogen and oxygen atoms in total. The molecule has 2 rings (SSSR count). The fourth-order valence-electron chi connectivity index (χ4n) is 2.03. The SMILES string of the molecule is COc1cc(C(=O)N2CCOC(C)C2)ccc1N. The van der Waals surface area contributed by atoms with Gasteiger partial charge in [-0.25, -0.2) is 0 Å². The van der Waals surface area contributed by atoms with Crippen molar-refractivity contribution in [1.82, 2.24) is 4.90 Å². The Morgan fingerprint density at radius 1 is 1.56 bits per heavy atom. The molecule has 0 spiro atoms. The average molecular weight is 250 g/mol. The Morgan fingerprint density at radius 3 is 3.00 bits per heavy atom. The van der Waals surface area contributed by atoms with Gasteiger partial charge in [0.05, 0.1) is 25.5 Å². The van der Waals surface area contributed by atoms with Gasteiger partial charge in [-0.2, -0.15) is 0 Å². The molecular weight excluding hydrogens is 232 g/mol. The number of carbonyl (C=O) groups excluding carboxylic acids is 1. The fraction of sp³-hybridized carbons (Fsp3) is 0.462. The number of nitrogens with zero attached hydrogens (tertiary/aromatic N) is 1. The lowest BCUT2D eigenvalue weighted by Gasteiger charge is -2.31. The molecule has 0 bridgehead atoms. The van der Waals surface area contributed by atoms with Gasteiger partial charge in [0.1, 0.15) is 5.75 Å². The van der Waals surface area contributed by atoms with Gasteiger partial charge in [0, 0.05) is 18.7 Å². The molecule has 18 heavy (non-hydrogen) atoms. The number of benzene rings is 1. The molecule has 1 aliphatic rings. The summed E-state index contributed by atoms with van der Waals surface area (Å²) >= 11 is 0. The zero-order valence-electron chi connectivity index (χ0n) is 10.7. The summed E-state index contributed by atoms with van der Waals surface area (Å²) < 4.78 is 10.5. The third-order valence-electron chi connectivity index (χ3n) is 3.01. The minimum Gasteiger partial charge on any atom is -0.495 e. The molecule has 1 aliphatic heterocycles. The highest BCUT2D eigenvalue weighted by Gasteiger charge is 2.22. The van der Waals surface area contributed by atoms with Crippen molar-refractivity contribution in [2.24, 2.45) is 0 Å². The molecule has 0 saturated carbocycles. The quantitative estimate of drug-likeness (QED) is 0.799. The number of nitrogen functional groups attached to an aromatic ring is 1. The minimum absolute atomic E-state index is 0.0107. The van der Waals surface area contributed by atoms with Gasteiger partial charge in [-0.1, -0.05) is 0 Å². The van der Waals surface area contributed by atoms with Gasteiger partial charge in [-0.05, 0) is 25.1 Å². The lowest BCUT2D eigenvalue weighted by Crippen LogP contribution is -2.44. The van der Waals surface area contributed by atoms with Gasteiger partial charge in [0.2, 0.25) is 0 Å². The lowest BCUT2D eigenvalue weighted by molar-refractivity contribution is -0.0124. The summed E-state index contributed by atoms with van der Waals surface area (Å²) in [4.78, 5) is 14.1. The van der Waals surface area contributed by atoms with E-state index >= 15 is 0 Å². The van der Waals surface area contributed by atoms with Crippen molar-refractivity contribution in [3.63, 3.8) is 0 Å². The smallest absolute Gasteiger partial charge is 0.254 e. The number of carbonyl (C=O) groups is 1. The molecule has 0 radical (unpaired) electrons. The van der Waals surface area contributed by atoms with Gasteiger partial charge in [-0.3, -0.25) is 4.79 Å². The number of rotatable bonds is 2. The van der Waals surface area contributed by atoms with Crippen LogP contribution in [0.3, 0.4) is 0 Å². The first-order valence-corrected chi connectivity index (χ1v) is 5.96. The van der Waals surface area contributed by atoms with E-state index in [9.17, 15) is 4.79 Å². The van der Waals surface area contributed by atoms with E-state index in [0.717, 1.165) is 0 Å². The van der Waals surface area contributed by atoms with Crippen molar-refractivity contribution in [3.05, 3.63) is 23.8 Å². The van der Waals surface area contributed by atoms with Crippen LogP contribution in [0.15, 0.2) is 18.2 Å². The van der Waals surface area contributed by atoms with Crippen LogP contribution < -0.4 is 10.5 Å². The number of amides is 1. The van der Waals surface area contributed by atoms with Crippen LogP contribution in [0.5, 0.6) is 5.75 Å². The summed E-state index contributed by atoms with van der Waals surface area (Å²) in [5.74, 6) is 0.519. The van der Waals surface area contributed by atoms with Crippen LogP contribution in [0, 0.1) is 0 Å². The van der Waals surface area contributed by atoms with Crippen molar-refractivity contribution in [1.29, 1.82) is 0 Å². The van der Waals surface area contributed by atoms with Crippen molar-refractivity contribution in [3.8, 4) is 5.75 Å². The molecule has 1 saturated heterocycles. The van der Waals surface area contributed by atoms with Crippen LogP contribution in [-0.2, 0) is 4.74 Å². The first-order chi connectivity index (χ1) is 8.61. The summed E-state index contributed by atoms with van der Waals surface area (Å²) in [6, 6.07) is 5.09. The van der Waals surface area contributed by atoms with Gasteiger partial charge in [0.25, 0.3) is 5.91 Å². The molecule has 1 fully saturated rings. The third-order valence-corrected chi connectivity index (χ3v) is 3.01.